The zero-order chi connectivity index (χ0) is 12.7. The minimum atomic E-state index is -4.30. The summed E-state index contributed by atoms with van der Waals surface area (Å²) in [7, 11) is -3.60. The molecule has 7 heteroatoms. The van der Waals surface area contributed by atoms with Gasteiger partial charge in [-0.05, 0) is 13.3 Å². The smallest absolute Gasteiger partial charge is 0.214 e. The molecular formula is C9H14F3NO2S. The minimum Gasteiger partial charge on any atom is -0.214 e. The van der Waals surface area contributed by atoms with Gasteiger partial charge in [-0.15, -0.1) is 11.8 Å². The van der Waals surface area contributed by atoms with Gasteiger partial charge >= 0.3 is 6.18 Å². The average Bonchev–Trinajstić information content (AvgIpc) is 2.10. The predicted octanol–water partition coefficient (Wildman–Crippen LogP) is 1.66. The number of hydrogen-bond acceptors (Lipinski definition) is 2. The van der Waals surface area contributed by atoms with Gasteiger partial charge < -0.3 is 0 Å². The van der Waals surface area contributed by atoms with E-state index in [4.69, 9.17) is 0 Å². The van der Waals surface area contributed by atoms with Crippen LogP contribution in [0, 0.1) is 11.8 Å². The molecule has 0 radical (unpaired) electrons. The van der Waals surface area contributed by atoms with Gasteiger partial charge in [0, 0.05) is 19.4 Å². The van der Waals surface area contributed by atoms with Gasteiger partial charge in [0.15, 0.2) is 0 Å². The van der Waals surface area contributed by atoms with E-state index in [1.165, 1.54) is 0 Å². The Bertz CT molecular complexity index is 351. The summed E-state index contributed by atoms with van der Waals surface area (Å²) in [5, 5.41) is 0. The molecule has 0 aromatic carbocycles. The zero-order valence-corrected chi connectivity index (χ0v) is 9.71. The van der Waals surface area contributed by atoms with Gasteiger partial charge in [-0.25, -0.2) is 13.1 Å². The van der Waals surface area contributed by atoms with Gasteiger partial charge in [0.25, 0.3) is 0 Å². The second-order valence-corrected chi connectivity index (χ2v) is 5.04. The Balaban J connectivity index is 3.82. The molecule has 3 nitrogen and oxygen atoms in total. The molecule has 0 bridgehead atoms. The Morgan fingerprint density at radius 2 is 1.94 bits per heavy atom. The van der Waals surface area contributed by atoms with Crippen molar-refractivity contribution in [2.24, 2.45) is 0 Å². The molecule has 0 aliphatic heterocycles. The van der Waals surface area contributed by atoms with Crippen LogP contribution in [0.2, 0.25) is 0 Å². The van der Waals surface area contributed by atoms with Crippen molar-refractivity contribution in [1.29, 1.82) is 0 Å². The molecule has 0 unspecified atom stereocenters. The summed E-state index contributed by atoms with van der Waals surface area (Å²) < 4.78 is 59.7. The first-order valence-corrected chi connectivity index (χ1v) is 6.36. The van der Waals surface area contributed by atoms with Gasteiger partial charge in [0.05, 0.1) is 5.75 Å². The highest BCUT2D eigenvalue weighted by Crippen LogP contribution is 2.21. The van der Waals surface area contributed by atoms with E-state index in [0.717, 1.165) is 0 Å². The lowest BCUT2D eigenvalue weighted by Crippen LogP contribution is -2.27. The first kappa shape index (κ1) is 15.3. The van der Waals surface area contributed by atoms with Crippen LogP contribution >= 0.6 is 0 Å². The van der Waals surface area contributed by atoms with Crippen molar-refractivity contribution in [3.8, 4) is 11.8 Å². The second-order valence-electron chi connectivity index (χ2n) is 3.11. The molecular weight excluding hydrogens is 243 g/mol. The maximum atomic E-state index is 11.7. The van der Waals surface area contributed by atoms with E-state index in [0.29, 0.717) is 6.42 Å². The quantitative estimate of drug-likeness (QED) is 0.581. The van der Waals surface area contributed by atoms with Crippen molar-refractivity contribution < 1.29 is 21.6 Å². The summed E-state index contributed by atoms with van der Waals surface area (Å²) in [5.74, 6) is 4.72. The molecule has 0 atom stereocenters. The lowest BCUT2D eigenvalue weighted by atomic mass is 10.3. The van der Waals surface area contributed by atoms with Crippen LogP contribution in [0.4, 0.5) is 13.2 Å². The molecule has 0 aliphatic carbocycles. The maximum absolute atomic E-state index is 11.7. The predicted molar refractivity (Wildman–Crippen MR) is 55.1 cm³/mol. The van der Waals surface area contributed by atoms with Gasteiger partial charge in [0.1, 0.15) is 0 Å². The van der Waals surface area contributed by atoms with E-state index in [-0.39, 0.29) is 6.54 Å². The van der Waals surface area contributed by atoms with Crippen molar-refractivity contribution in [1.82, 2.24) is 4.72 Å². The Morgan fingerprint density at radius 1 is 1.31 bits per heavy atom. The van der Waals surface area contributed by atoms with Crippen LogP contribution in [0.25, 0.3) is 0 Å². The third-order valence-corrected chi connectivity index (χ3v) is 3.09. The highest BCUT2D eigenvalue weighted by atomic mass is 32.2. The Kier molecular flexibility index (Phi) is 6.45. The molecule has 0 rings (SSSR count). The summed E-state index contributed by atoms with van der Waals surface area (Å²) in [6.45, 7) is 1.76. The van der Waals surface area contributed by atoms with Crippen LogP contribution in [-0.2, 0) is 10.0 Å². The van der Waals surface area contributed by atoms with Crippen molar-refractivity contribution in [3.63, 3.8) is 0 Å². The highest BCUT2D eigenvalue weighted by Gasteiger charge is 2.27. The van der Waals surface area contributed by atoms with E-state index >= 15 is 0 Å². The van der Waals surface area contributed by atoms with E-state index in [1.807, 2.05) is 0 Å². The Labute approximate surface area is 93.5 Å². The fourth-order valence-electron chi connectivity index (χ4n) is 0.929. The Morgan fingerprint density at radius 3 is 2.44 bits per heavy atom. The van der Waals surface area contributed by atoms with E-state index in [9.17, 15) is 21.6 Å². The normalized spacial score (nSPS) is 12.0. The molecule has 0 saturated heterocycles. The summed E-state index contributed by atoms with van der Waals surface area (Å²) in [4.78, 5) is 0. The van der Waals surface area contributed by atoms with Crippen LogP contribution in [-0.4, -0.2) is 26.9 Å². The van der Waals surface area contributed by atoms with Crippen molar-refractivity contribution >= 4 is 10.0 Å². The molecule has 94 valence electrons. The number of hydrogen-bond donors (Lipinski definition) is 1. The summed E-state index contributed by atoms with van der Waals surface area (Å²) >= 11 is 0. The summed E-state index contributed by atoms with van der Waals surface area (Å²) in [5.41, 5.74) is 0. The molecule has 0 saturated carbocycles. The second kappa shape index (κ2) is 6.76. The monoisotopic (exact) mass is 257 g/mol. The van der Waals surface area contributed by atoms with Crippen LogP contribution < -0.4 is 4.72 Å². The number of rotatable bonds is 6. The summed E-state index contributed by atoms with van der Waals surface area (Å²) in [6, 6.07) is 0. The Hall–Kier alpha value is -0.740. The average molecular weight is 257 g/mol. The summed E-state index contributed by atoms with van der Waals surface area (Å²) in [6.07, 6.45) is -5.45. The third-order valence-electron chi connectivity index (χ3n) is 1.62. The van der Waals surface area contributed by atoms with E-state index < -0.39 is 34.8 Å². The standard InChI is InChI=1S/C9H14F3NO2S/c1-2-3-4-7-13-16(14,15)8-5-6-9(10,11)12/h13H,4-8H2,1H3. The van der Waals surface area contributed by atoms with Gasteiger partial charge in [-0.3, -0.25) is 0 Å². The zero-order valence-electron chi connectivity index (χ0n) is 8.89. The topological polar surface area (TPSA) is 46.2 Å². The first-order chi connectivity index (χ1) is 7.27. The van der Waals surface area contributed by atoms with Gasteiger partial charge in [-0.1, -0.05) is 0 Å². The van der Waals surface area contributed by atoms with Crippen LogP contribution in [0.15, 0.2) is 0 Å². The fourth-order valence-corrected chi connectivity index (χ4v) is 2.01. The maximum Gasteiger partial charge on any atom is 0.389 e. The highest BCUT2D eigenvalue weighted by molar-refractivity contribution is 7.89. The van der Waals surface area contributed by atoms with E-state index in [1.54, 1.807) is 6.92 Å². The molecule has 0 aromatic heterocycles. The third kappa shape index (κ3) is 9.80. The van der Waals surface area contributed by atoms with Crippen LogP contribution in [0.5, 0.6) is 0 Å². The van der Waals surface area contributed by atoms with Crippen LogP contribution in [0.3, 0.4) is 0 Å². The first-order valence-electron chi connectivity index (χ1n) is 4.70. The molecule has 0 amide bonds. The molecule has 0 spiro atoms. The fraction of sp³-hybridized carbons (Fsp3) is 0.778. The van der Waals surface area contributed by atoms with Crippen molar-refractivity contribution in [2.75, 3.05) is 12.3 Å². The van der Waals surface area contributed by atoms with Crippen molar-refractivity contribution in [3.05, 3.63) is 0 Å². The molecule has 16 heavy (non-hydrogen) atoms. The van der Waals surface area contributed by atoms with Gasteiger partial charge in [-0.2, -0.15) is 13.2 Å². The van der Waals surface area contributed by atoms with E-state index in [2.05, 4.69) is 16.6 Å². The molecule has 0 aromatic rings. The number of halogens is 3. The molecule has 0 aliphatic rings. The molecule has 1 N–H and O–H groups in total. The lowest BCUT2D eigenvalue weighted by molar-refractivity contribution is -0.134. The lowest BCUT2D eigenvalue weighted by Gasteiger charge is -2.07. The van der Waals surface area contributed by atoms with Gasteiger partial charge in [0.2, 0.25) is 10.0 Å². The van der Waals surface area contributed by atoms with Crippen molar-refractivity contribution in [2.45, 2.75) is 32.4 Å². The number of sulfonamides is 1. The van der Waals surface area contributed by atoms with Crippen LogP contribution in [0.1, 0.15) is 26.2 Å². The number of nitrogens with one attached hydrogen (secondary N) is 1. The molecule has 0 heterocycles. The largest absolute Gasteiger partial charge is 0.389 e. The molecule has 0 fully saturated rings. The SMILES string of the molecule is CC#CCCNS(=O)(=O)CCCC(F)(F)F. The minimum absolute atomic E-state index is 0.134. The number of alkyl halides is 3.